The Morgan fingerprint density at radius 3 is 2.53 bits per heavy atom. The Kier molecular flexibility index (Phi) is 3.16. The number of anilines is 1. The fourth-order valence-corrected chi connectivity index (χ4v) is 2.91. The first-order chi connectivity index (χ1) is 8.63. The van der Waals surface area contributed by atoms with Gasteiger partial charge in [-0.15, -0.1) is 3.89 Å². The third kappa shape index (κ3) is 2.49. The van der Waals surface area contributed by atoms with Crippen LogP contribution in [0.25, 0.3) is 0 Å². The first kappa shape index (κ1) is 14.0. The minimum atomic E-state index is -4.73. The zero-order chi connectivity index (χ0) is 14.4. The minimum Gasteiger partial charge on any atom is -0.312 e. The number of carbonyl (C=O) groups is 1. The van der Waals surface area contributed by atoms with E-state index in [0.29, 0.717) is 24.2 Å². The second kappa shape index (κ2) is 4.30. The van der Waals surface area contributed by atoms with Crippen molar-refractivity contribution < 1.29 is 17.1 Å². The number of fused-ring (bicyclic) bond motifs is 1. The molecule has 1 aromatic carbocycles. The van der Waals surface area contributed by atoms with E-state index < -0.39 is 10.2 Å². The molecule has 0 spiro atoms. The maximum atomic E-state index is 13.1. The molecule has 0 unspecified atom stereocenters. The van der Waals surface area contributed by atoms with Crippen molar-refractivity contribution in [3.63, 3.8) is 0 Å². The lowest BCUT2D eigenvalue weighted by Gasteiger charge is -2.38. The Balaban J connectivity index is 2.65. The van der Waals surface area contributed by atoms with Gasteiger partial charge in [-0.3, -0.25) is 4.79 Å². The molecule has 2 rings (SSSR count). The van der Waals surface area contributed by atoms with Gasteiger partial charge < -0.3 is 4.90 Å². The molecule has 0 fully saturated rings. The predicted molar refractivity (Wildman–Crippen MR) is 70.4 cm³/mol. The zero-order valence-corrected chi connectivity index (χ0v) is 11.9. The number of halogens is 1. The molecule has 0 aliphatic carbocycles. The van der Waals surface area contributed by atoms with Gasteiger partial charge in [-0.25, -0.2) is 0 Å². The first-order valence-electron chi connectivity index (χ1n) is 6.00. The number of rotatable bonds is 1. The van der Waals surface area contributed by atoms with Crippen molar-refractivity contribution in [1.29, 1.82) is 0 Å². The van der Waals surface area contributed by atoms with Gasteiger partial charge in [0.05, 0.1) is 4.90 Å². The summed E-state index contributed by atoms with van der Waals surface area (Å²) in [7, 11) is -4.73. The Labute approximate surface area is 112 Å². The molecular weight excluding hydrogens is 269 g/mol. The number of hydrogen-bond acceptors (Lipinski definition) is 3. The summed E-state index contributed by atoms with van der Waals surface area (Å²) in [6, 6.07) is 4.04. The SMILES string of the molecule is CC(=O)N1CCC(C)(C)c2cc(S(=O)(=O)F)ccc21. The summed E-state index contributed by atoms with van der Waals surface area (Å²) < 4.78 is 35.1. The fraction of sp³-hybridized carbons (Fsp3) is 0.462. The van der Waals surface area contributed by atoms with Crippen molar-refractivity contribution in [3.8, 4) is 0 Å². The van der Waals surface area contributed by atoms with Crippen LogP contribution >= 0.6 is 0 Å². The maximum absolute atomic E-state index is 13.1. The molecule has 104 valence electrons. The maximum Gasteiger partial charge on any atom is 0.332 e. The number of hydrogen-bond donors (Lipinski definition) is 0. The lowest BCUT2D eigenvalue weighted by atomic mass is 9.77. The van der Waals surface area contributed by atoms with E-state index >= 15 is 0 Å². The van der Waals surface area contributed by atoms with E-state index in [4.69, 9.17) is 0 Å². The van der Waals surface area contributed by atoms with E-state index in [9.17, 15) is 17.1 Å². The molecule has 0 saturated carbocycles. The molecule has 4 nitrogen and oxygen atoms in total. The minimum absolute atomic E-state index is 0.104. The van der Waals surface area contributed by atoms with Crippen molar-refractivity contribution in [2.24, 2.45) is 0 Å². The molecule has 0 bridgehead atoms. The molecule has 1 aromatic rings. The second-order valence-electron chi connectivity index (χ2n) is 5.42. The van der Waals surface area contributed by atoms with Crippen molar-refractivity contribution >= 4 is 21.8 Å². The van der Waals surface area contributed by atoms with Gasteiger partial charge in [0, 0.05) is 19.2 Å². The van der Waals surface area contributed by atoms with E-state index in [1.807, 2.05) is 13.8 Å². The number of nitrogens with zero attached hydrogens (tertiary/aromatic N) is 1. The van der Waals surface area contributed by atoms with E-state index in [-0.39, 0.29) is 16.2 Å². The summed E-state index contributed by atoms with van der Waals surface area (Å²) in [5.41, 5.74) is 1.06. The average molecular weight is 285 g/mol. The van der Waals surface area contributed by atoms with Gasteiger partial charge in [0.1, 0.15) is 0 Å². The molecule has 0 radical (unpaired) electrons. The monoisotopic (exact) mass is 285 g/mol. The van der Waals surface area contributed by atoms with E-state index in [1.165, 1.54) is 25.1 Å². The van der Waals surface area contributed by atoms with Gasteiger partial charge in [0.2, 0.25) is 5.91 Å². The Bertz CT molecular complexity index is 637. The lowest BCUT2D eigenvalue weighted by Crippen LogP contribution is -2.40. The standard InChI is InChI=1S/C13H16FNO3S/c1-9(16)15-7-6-13(2,3)11-8-10(19(14,17)18)4-5-12(11)15/h4-5,8H,6-7H2,1-3H3. The lowest BCUT2D eigenvalue weighted by molar-refractivity contribution is -0.116. The van der Waals surface area contributed by atoms with Gasteiger partial charge >= 0.3 is 10.2 Å². The van der Waals surface area contributed by atoms with Crippen LogP contribution in [0, 0.1) is 0 Å². The quantitative estimate of drug-likeness (QED) is 0.744. The van der Waals surface area contributed by atoms with E-state index in [0.717, 1.165) is 0 Å². The summed E-state index contributed by atoms with van der Waals surface area (Å²) in [6.45, 7) is 5.95. The average Bonchev–Trinajstić information content (AvgIpc) is 2.26. The van der Waals surface area contributed by atoms with Crippen LogP contribution in [0.2, 0.25) is 0 Å². The molecule has 0 N–H and O–H groups in total. The summed E-state index contributed by atoms with van der Waals surface area (Å²) in [4.78, 5) is 12.8. The molecule has 1 aliphatic rings. The summed E-state index contributed by atoms with van der Waals surface area (Å²) >= 11 is 0. The van der Waals surface area contributed by atoms with Crippen molar-refractivity contribution in [1.82, 2.24) is 0 Å². The molecule has 0 atom stereocenters. The third-order valence-corrected chi connectivity index (χ3v) is 4.43. The molecular formula is C13H16FNO3S. The van der Waals surface area contributed by atoms with Gasteiger partial charge in [-0.2, -0.15) is 8.42 Å². The van der Waals surface area contributed by atoms with Crippen LogP contribution < -0.4 is 4.90 Å². The molecule has 1 aliphatic heterocycles. The summed E-state index contributed by atoms with van der Waals surface area (Å²) in [5, 5.41) is 0. The van der Waals surface area contributed by atoms with Crippen LogP contribution in [-0.4, -0.2) is 20.9 Å². The van der Waals surface area contributed by atoms with Gasteiger partial charge in [0.15, 0.2) is 0 Å². The normalized spacial score (nSPS) is 18.0. The van der Waals surface area contributed by atoms with Gasteiger partial charge in [-0.1, -0.05) is 13.8 Å². The van der Waals surface area contributed by atoms with E-state index in [2.05, 4.69) is 0 Å². The number of amides is 1. The van der Waals surface area contributed by atoms with Gasteiger partial charge in [-0.05, 0) is 35.6 Å². The second-order valence-corrected chi connectivity index (χ2v) is 6.77. The van der Waals surface area contributed by atoms with Crippen molar-refractivity contribution in [2.45, 2.75) is 37.5 Å². The smallest absolute Gasteiger partial charge is 0.312 e. The fourth-order valence-electron chi connectivity index (χ4n) is 2.42. The zero-order valence-electron chi connectivity index (χ0n) is 11.1. The van der Waals surface area contributed by atoms with Gasteiger partial charge in [0.25, 0.3) is 0 Å². The molecule has 1 amide bonds. The summed E-state index contributed by atoms with van der Waals surface area (Å²) in [5.74, 6) is -0.104. The predicted octanol–water partition coefficient (Wildman–Crippen LogP) is 2.38. The van der Waals surface area contributed by atoms with E-state index in [1.54, 1.807) is 4.90 Å². The Morgan fingerprint density at radius 2 is 2.00 bits per heavy atom. The van der Waals surface area contributed by atoms with Crippen LogP contribution in [0.15, 0.2) is 23.1 Å². The molecule has 1 heterocycles. The van der Waals surface area contributed by atoms with Crippen LogP contribution in [0.4, 0.5) is 9.57 Å². The highest BCUT2D eigenvalue weighted by Crippen LogP contribution is 2.40. The van der Waals surface area contributed by atoms with Crippen LogP contribution in [-0.2, 0) is 20.4 Å². The van der Waals surface area contributed by atoms with Crippen LogP contribution in [0.5, 0.6) is 0 Å². The largest absolute Gasteiger partial charge is 0.332 e. The van der Waals surface area contributed by atoms with Crippen LogP contribution in [0.1, 0.15) is 32.8 Å². The van der Waals surface area contributed by atoms with Crippen LogP contribution in [0.3, 0.4) is 0 Å². The highest BCUT2D eigenvalue weighted by atomic mass is 32.3. The molecule has 19 heavy (non-hydrogen) atoms. The van der Waals surface area contributed by atoms with Crippen molar-refractivity contribution in [3.05, 3.63) is 23.8 Å². The summed E-state index contributed by atoms with van der Waals surface area (Å²) in [6.07, 6.45) is 0.704. The third-order valence-electron chi connectivity index (χ3n) is 3.61. The highest BCUT2D eigenvalue weighted by molar-refractivity contribution is 7.86. The highest BCUT2D eigenvalue weighted by Gasteiger charge is 2.33. The molecule has 0 saturated heterocycles. The Morgan fingerprint density at radius 1 is 1.37 bits per heavy atom. The Hall–Kier alpha value is -1.43. The number of carbonyl (C=O) groups excluding carboxylic acids is 1. The first-order valence-corrected chi connectivity index (χ1v) is 7.38. The number of benzene rings is 1. The van der Waals surface area contributed by atoms with Crippen molar-refractivity contribution in [2.75, 3.05) is 11.4 Å². The molecule has 0 aromatic heterocycles. The topological polar surface area (TPSA) is 54.5 Å². The molecule has 6 heteroatoms.